The van der Waals surface area contributed by atoms with Crippen molar-refractivity contribution in [3.63, 3.8) is 0 Å². The van der Waals surface area contributed by atoms with Crippen LogP contribution in [0.25, 0.3) is 0 Å². The summed E-state index contributed by atoms with van der Waals surface area (Å²) in [5.74, 6) is 0.642. The smallest absolute Gasteiger partial charge is 0.392 e. The molecule has 24 heavy (non-hydrogen) atoms. The van der Waals surface area contributed by atoms with Crippen LogP contribution in [0.5, 0.6) is 0 Å². The molecule has 130 valence electrons. The predicted octanol–water partition coefficient (Wildman–Crippen LogP) is 3.40. The van der Waals surface area contributed by atoms with Crippen molar-refractivity contribution in [2.24, 2.45) is 7.05 Å². The van der Waals surface area contributed by atoms with Gasteiger partial charge in [0.25, 0.3) is 0 Å². The first-order chi connectivity index (χ1) is 11.3. The van der Waals surface area contributed by atoms with Gasteiger partial charge in [-0.3, -0.25) is 4.90 Å². The Bertz CT molecular complexity index is 732. The Morgan fingerprint density at radius 2 is 2.04 bits per heavy atom. The normalized spacial score (nSPS) is 22.2. The lowest BCUT2D eigenvalue weighted by Crippen LogP contribution is -2.27. The molecule has 2 aromatic rings. The van der Waals surface area contributed by atoms with Crippen LogP contribution in [0.15, 0.2) is 30.5 Å². The lowest BCUT2D eigenvalue weighted by molar-refractivity contribution is -0.138. The van der Waals surface area contributed by atoms with Crippen LogP contribution in [0, 0.1) is 0 Å². The van der Waals surface area contributed by atoms with Gasteiger partial charge >= 0.3 is 6.18 Å². The summed E-state index contributed by atoms with van der Waals surface area (Å²) in [6.07, 6.45) is -3.35. The zero-order chi connectivity index (χ0) is 17.5. The summed E-state index contributed by atoms with van der Waals surface area (Å²) in [4.78, 5) is 6.00. The Labute approximate surface area is 142 Å². The quantitative estimate of drug-likeness (QED) is 0.913. The van der Waals surface area contributed by atoms with Crippen LogP contribution < -0.4 is 0 Å². The molecule has 2 unspecified atom stereocenters. The second-order valence-corrected chi connectivity index (χ2v) is 6.36. The maximum atomic E-state index is 13.3. The van der Waals surface area contributed by atoms with Gasteiger partial charge in [0.05, 0.1) is 24.4 Å². The maximum absolute atomic E-state index is 13.3. The van der Waals surface area contributed by atoms with Crippen molar-refractivity contribution in [3.8, 4) is 0 Å². The molecule has 8 heteroatoms. The number of imidazole rings is 1. The fourth-order valence-electron chi connectivity index (χ4n) is 3.18. The van der Waals surface area contributed by atoms with E-state index in [4.69, 9.17) is 11.6 Å². The summed E-state index contributed by atoms with van der Waals surface area (Å²) in [6.45, 7) is 0.610. The Morgan fingerprint density at radius 1 is 1.33 bits per heavy atom. The number of alkyl halides is 3. The van der Waals surface area contributed by atoms with E-state index in [0.29, 0.717) is 24.1 Å². The first-order valence-electron chi connectivity index (χ1n) is 7.51. The molecule has 1 aliphatic heterocycles. The van der Waals surface area contributed by atoms with E-state index in [2.05, 4.69) is 4.98 Å². The number of aromatic nitrogens is 2. The molecule has 2 heterocycles. The van der Waals surface area contributed by atoms with Gasteiger partial charge in [-0.15, -0.1) is 0 Å². The fraction of sp³-hybridized carbons (Fsp3) is 0.438. The van der Waals surface area contributed by atoms with Crippen molar-refractivity contribution >= 4 is 11.6 Å². The number of rotatable bonds is 3. The third kappa shape index (κ3) is 3.29. The van der Waals surface area contributed by atoms with Crippen LogP contribution in [-0.4, -0.2) is 32.2 Å². The number of aliphatic hydroxyl groups is 1. The van der Waals surface area contributed by atoms with Gasteiger partial charge in [0.1, 0.15) is 11.0 Å². The van der Waals surface area contributed by atoms with E-state index in [1.165, 1.54) is 18.3 Å². The molecule has 0 aliphatic carbocycles. The molecule has 0 bridgehead atoms. The highest BCUT2D eigenvalue weighted by Gasteiger charge is 2.40. The van der Waals surface area contributed by atoms with Crippen LogP contribution in [0.1, 0.15) is 29.4 Å². The SMILES string of the molecule is Cn1c(Cl)cnc1CN1CC(O)CC1c1ccccc1C(F)(F)F. The van der Waals surface area contributed by atoms with Crippen molar-refractivity contribution in [3.05, 3.63) is 52.6 Å². The van der Waals surface area contributed by atoms with E-state index in [9.17, 15) is 18.3 Å². The molecule has 1 N–H and O–H groups in total. The lowest BCUT2D eigenvalue weighted by atomic mass is 9.97. The molecular weight excluding hydrogens is 343 g/mol. The van der Waals surface area contributed by atoms with Crippen LogP contribution >= 0.6 is 11.6 Å². The highest BCUT2D eigenvalue weighted by molar-refractivity contribution is 6.29. The number of nitrogens with zero attached hydrogens (tertiary/aromatic N) is 3. The van der Waals surface area contributed by atoms with E-state index in [0.717, 1.165) is 6.07 Å². The van der Waals surface area contributed by atoms with Crippen molar-refractivity contribution in [1.29, 1.82) is 0 Å². The van der Waals surface area contributed by atoms with Crippen LogP contribution in [-0.2, 0) is 19.8 Å². The number of hydrogen-bond donors (Lipinski definition) is 1. The molecule has 0 spiro atoms. The standard InChI is InChI=1S/C16H17ClF3N3O/c1-22-14(17)7-21-15(22)9-23-8-10(24)6-13(23)11-4-2-3-5-12(11)16(18,19)20/h2-5,7,10,13,24H,6,8-9H2,1H3. The maximum Gasteiger partial charge on any atom is 0.416 e. The molecule has 4 nitrogen and oxygen atoms in total. The Kier molecular flexibility index (Phi) is 4.59. The number of hydrogen-bond acceptors (Lipinski definition) is 3. The third-order valence-corrected chi connectivity index (χ3v) is 4.73. The minimum atomic E-state index is -4.43. The summed E-state index contributed by atoms with van der Waals surface area (Å²) < 4.78 is 41.6. The molecular formula is C16H17ClF3N3O. The number of β-amino-alcohol motifs (C(OH)–C–C–N with tert-alkyl or cyclic N) is 1. The largest absolute Gasteiger partial charge is 0.416 e. The number of halogens is 4. The number of aliphatic hydroxyl groups excluding tert-OH is 1. The van der Waals surface area contributed by atoms with Gasteiger partial charge in [-0.1, -0.05) is 29.8 Å². The van der Waals surface area contributed by atoms with E-state index in [-0.39, 0.29) is 12.0 Å². The monoisotopic (exact) mass is 359 g/mol. The second-order valence-electron chi connectivity index (χ2n) is 5.98. The van der Waals surface area contributed by atoms with E-state index in [1.54, 1.807) is 17.7 Å². The van der Waals surface area contributed by atoms with Gasteiger partial charge in [0, 0.05) is 19.6 Å². The summed E-state index contributed by atoms with van der Waals surface area (Å²) in [6, 6.07) is 5.00. The number of likely N-dealkylation sites (tertiary alicyclic amines) is 1. The molecule has 0 amide bonds. The Balaban J connectivity index is 1.93. The molecule has 3 rings (SSSR count). The lowest BCUT2D eigenvalue weighted by Gasteiger charge is -2.26. The molecule has 0 radical (unpaired) electrons. The van der Waals surface area contributed by atoms with Crippen molar-refractivity contribution < 1.29 is 18.3 Å². The van der Waals surface area contributed by atoms with Gasteiger partial charge in [-0.25, -0.2) is 4.98 Å². The highest BCUT2D eigenvalue weighted by Crippen LogP contribution is 2.40. The Hall–Kier alpha value is -1.57. The van der Waals surface area contributed by atoms with E-state index < -0.39 is 23.9 Å². The molecule has 1 aromatic heterocycles. The van der Waals surface area contributed by atoms with Crippen molar-refractivity contribution in [2.75, 3.05) is 6.54 Å². The first-order valence-corrected chi connectivity index (χ1v) is 7.89. The van der Waals surface area contributed by atoms with Gasteiger partial charge in [-0.05, 0) is 18.1 Å². The third-order valence-electron chi connectivity index (χ3n) is 4.38. The second kappa shape index (κ2) is 6.38. The highest BCUT2D eigenvalue weighted by atomic mass is 35.5. The molecule has 0 saturated carbocycles. The van der Waals surface area contributed by atoms with E-state index >= 15 is 0 Å². The zero-order valence-corrected chi connectivity index (χ0v) is 13.7. The average Bonchev–Trinajstić information content (AvgIpc) is 3.04. The van der Waals surface area contributed by atoms with E-state index in [1.807, 2.05) is 4.90 Å². The van der Waals surface area contributed by atoms with Gasteiger partial charge in [0.15, 0.2) is 0 Å². The van der Waals surface area contributed by atoms with Crippen LogP contribution in [0.4, 0.5) is 13.2 Å². The molecule has 1 aliphatic rings. The minimum Gasteiger partial charge on any atom is -0.392 e. The van der Waals surface area contributed by atoms with Crippen molar-refractivity contribution in [2.45, 2.75) is 31.3 Å². The summed E-state index contributed by atoms with van der Waals surface area (Å²) in [5.41, 5.74) is -0.478. The summed E-state index contributed by atoms with van der Waals surface area (Å²) in [7, 11) is 1.75. The Morgan fingerprint density at radius 3 is 2.67 bits per heavy atom. The first kappa shape index (κ1) is 17.3. The average molecular weight is 360 g/mol. The van der Waals surface area contributed by atoms with Crippen LogP contribution in [0.2, 0.25) is 5.15 Å². The topological polar surface area (TPSA) is 41.3 Å². The van der Waals surface area contributed by atoms with Crippen LogP contribution in [0.3, 0.4) is 0 Å². The van der Waals surface area contributed by atoms with Gasteiger partial charge in [0.2, 0.25) is 0 Å². The van der Waals surface area contributed by atoms with Crippen molar-refractivity contribution in [1.82, 2.24) is 14.5 Å². The molecule has 1 saturated heterocycles. The molecule has 1 fully saturated rings. The summed E-state index contributed by atoms with van der Waals surface area (Å²) in [5, 5.41) is 10.5. The number of benzene rings is 1. The zero-order valence-electron chi connectivity index (χ0n) is 13.0. The molecule has 1 aromatic carbocycles. The summed E-state index contributed by atoms with van der Waals surface area (Å²) >= 11 is 5.97. The predicted molar refractivity (Wildman–Crippen MR) is 83.4 cm³/mol. The molecule has 2 atom stereocenters. The van der Waals surface area contributed by atoms with Gasteiger partial charge in [-0.2, -0.15) is 13.2 Å². The fourth-order valence-corrected chi connectivity index (χ4v) is 3.32. The minimum absolute atomic E-state index is 0.182. The van der Waals surface area contributed by atoms with Gasteiger partial charge < -0.3 is 9.67 Å².